The molecule has 0 bridgehead atoms. The molecule has 0 heterocycles. The van der Waals surface area contributed by atoms with Crippen LogP contribution in [0.5, 0.6) is 0 Å². The fraction of sp³-hybridized carbons (Fsp3) is 0.250. The van der Waals surface area contributed by atoms with Crippen molar-refractivity contribution in [3.63, 3.8) is 0 Å². The number of aryl methyl sites for hydroxylation is 1. The molecule has 1 aromatic carbocycles. The van der Waals surface area contributed by atoms with Crippen LogP contribution in [0, 0.1) is 0 Å². The molecule has 0 aliphatic rings. The number of rotatable bonds is 1. The van der Waals surface area contributed by atoms with Gasteiger partial charge in [-0.05, 0) is 0 Å². The van der Waals surface area contributed by atoms with Gasteiger partial charge in [0.1, 0.15) is 0 Å². The predicted molar refractivity (Wildman–Crippen MR) is 45.3 cm³/mol. The topological polar surface area (TPSA) is 37.3 Å². The van der Waals surface area contributed by atoms with E-state index >= 15 is 0 Å². The van der Waals surface area contributed by atoms with Gasteiger partial charge in [0.2, 0.25) is 0 Å². The van der Waals surface area contributed by atoms with E-state index in [1.165, 1.54) is 34.4 Å². The summed E-state index contributed by atoms with van der Waals surface area (Å²) in [7, 11) is -0.833. The monoisotopic (exact) mass is 233 g/mol. The summed E-state index contributed by atoms with van der Waals surface area (Å²) >= 11 is 1.28. The predicted octanol–water partition coefficient (Wildman–Crippen LogP) is 1.61. The summed E-state index contributed by atoms with van der Waals surface area (Å²) in [6.45, 7) is 2.20. The van der Waals surface area contributed by atoms with E-state index in [4.69, 9.17) is 9.46 Å². The maximum absolute atomic E-state index is 8.46. The number of benzene rings is 1. The Bertz CT molecular complexity index is 240. The van der Waals surface area contributed by atoms with E-state index in [-0.39, 0.29) is 0 Å². The van der Waals surface area contributed by atoms with Crippen molar-refractivity contribution < 1.29 is 27.8 Å². The number of hydrogen-bond acceptors (Lipinski definition) is 1. The van der Waals surface area contributed by atoms with Gasteiger partial charge in [0, 0.05) is 0 Å². The van der Waals surface area contributed by atoms with Gasteiger partial charge in [-0.3, -0.25) is 0 Å². The minimum absolute atomic E-state index is 0.833. The van der Waals surface area contributed by atoms with Gasteiger partial charge in [-0.25, -0.2) is 4.57 Å². The fourth-order valence-electron chi connectivity index (χ4n) is 0.902. The van der Waals surface area contributed by atoms with Crippen molar-refractivity contribution in [3.05, 3.63) is 29.8 Å². The summed E-state index contributed by atoms with van der Waals surface area (Å²) in [5, 5.41) is 0. The molecule has 0 aliphatic carbocycles. The molecule has 4 heteroatoms. The van der Waals surface area contributed by atoms with E-state index in [1.54, 1.807) is 0 Å². The Morgan fingerprint density at radius 2 is 2.00 bits per heavy atom. The van der Waals surface area contributed by atoms with E-state index in [1.807, 2.05) is 0 Å². The molecule has 61 valence electrons. The largest absolute Gasteiger partial charge is 0.324 e. The van der Waals surface area contributed by atoms with Gasteiger partial charge >= 0.3 is 74.3 Å². The molecule has 0 fully saturated rings. The third-order valence-electron chi connectivity index (χ3n) is 1.50. The van der Waals surface area contributed by atoms with Gasteiger partial charge in [-0.2, -0.15) is 0 Å². The summed E-state index contributed by atoms with van der Waals surface area (Å²) in [4.78, 5) is 6.99. The van der Waals surface area contributed by atoms with Crippen molar-refractivity contribution in [1.82, 2.24) is 0 Å². The molecule has 0 saturated heterocycles. The van der Waals surface area contributed by atoms with Crippen molar-refractivity contribution in [2.75, 3.05) is 0 Å². The Balaban J connectivity index is 0.000000354. The van der Waals surface area contributed by atoms with E-state index in [0.717, 1.165) is 0 Å². The van der Waals surface area contributed by atoms with Crippen LogP contribution in [-0.2, 0) is 29.3 Å². The summed E-state index contributed by atoms with van der Waals surface area (Å²) in [6, 6.07) is 8.63. The summed E-state index contributed by atoms with van der Waals surface area (Å²) in [6.07, 6.45) is 1.18. The summed E-state index contributed by atoms with van der Waals surface area (Å²) < 4.78 is 9.99. The first-order valence-electron chi connectivity index (χ1n) is 3.62. The van der Waals surface area contributed by atoms with Crippen molar-refractivity contribution in [2.45, 2.75) is 13.3 Å². The molecule has 0 spiro atoms. The maximum Gasteiger partial charge on any atom is 0.324 e. The number of hydrogen-bond donors (Lipinski definition) is 1. The maximum atomic E-state index is 8.46. The van der Waals surface area contributed by atoms with Crippen molar-refractivity contribution in [2.24, 2.45) is 0 Å². The SMILES string of the molecule is CCc1cccc[c]1[Zn].O=PO. The third kappa shape index (κ3) is 4.72. The molecular formula is C8H10O2PZn. The standard InChI is InChI=1S/C8H9.HO2P.Zn/c1-2-8-6-4-3-5-7-8;1-3-2;/h3-6H,2H2,1H3;(H,1,2);. The molecule has 12 heavy (non-hydrogen) atoms. The van der Waals surface area contributed by atoms with Crippen LogP contribution >= 0.6 is 8.69 Å². The van der Waals surface area contributed by atoms with E-state index in [2.05, 4.69) is 31.2 Å². The molecule has 1 rings (SSSR count). The third-order valence-corrected chi connectivity index (χ3v) is 2.95. The Morgan fingerprint density at radius 1 is 1.50 bits per heavy atom. The molecule has 1 N–H and O–H groups in total. The molecule has 0 aromatic heterocycles. The van der Waals surface area contributed by atoms with Crippen molar-refractivity contribution in [1.29, 1.82) is 0 Å². The van der Waals surface area contributed by atoms with E-state index in [0.29, 0.717) is 0 Å². The Kier molecular flexibility index (Phi) is 7.49. The molecule has 2 nitrogen and oxygen atoms in total. The Morgan fingerprint density at radius 3 is 2.33 bits per heavy atom. The normalized spacial score (nSPS) is 9.00. The van der Waals surface area contributed by atoms with Crippen LogP contribution in [0.3, 0.4) is 0 Å². The quantitative estimate of drug-likeness (QED) is 0.592. The average molecular weight is 235 g/mol. The molecule has 0 radical (unpaired) electrons. The zero-order valence-corrected chi connectivity index (χ0v) is 10.9. The van der Waals surface area contributed by atoms with Crippen molar-refractivity contribution >= 4 is 12.8 Å². The van der Waals surface area contributed by atoms with Crippen LogP contribution < -0.4 is 4.16 Å². The second-order valence-corrected chi connectivity index (χ2v) is 3.97. The van der Waals surface area contributed by atoms with E-state index < -0.39 is 8.69 Å². The summed E-state index contributed by atoms with van der Waals surface area (Å²) in [5.74, 6) is 0. The van der Waals surface area contributed by atoms with E-state index in [9.17, 15) is 0 Å². The smallest absolute Gasteiger partial charge is 0.310 e. The van der Waals surface area contributed by atoms with Gasteiger partial charge in [-0.15, -0.1) is 0 Å². The van der Waals surface area contributed by atoms with Crippen LogP contribution in [0.25, 0.3) is 0 Å². The van der Waals surface area contributed by atoms with Gasteiger partial charge in [0.05, 0.1) is 0 Å². The second-order valence-electron chi connectivity index (χ2n) is 2.20. The summed E-state index contributed by atoms with van der Waals surface area (Å²) in [5.41, 5.74) is 1.51. The zero-order valence-electron chi connectivity index (χ0n) is 7.03. The van der Waals surface area contributed by atoms with Crippen LogP contribution in [0.1, 0.15) is 12.5 Å². The Hall–Kier alpha value is -0.0966. The van der Waals surface area contributed by atoms with Crippen LogP contribution in [-0.4, -0.2) is 4.89 Å². The van der Waals surface area contributed by atoms with Gasteiger partial charge < -0.3 is 4.89 Å². The molecule has 1 aromatic rings. The second kappa shape index (κ2) is 7.55. The zero-order chi connectivity index (χ0) is 9.40. The fourth-order valence-corrected chi connectivity index (χ4v) is 1.96. The van der Waals surface area contributed by atoms with Gasteiger partial charge in [-0.1, -0.05) is 0 Å². The molecule has 0 unspecified atom stereocenters. The van der Waals surface area contributed by atoms with Crippen LogP contribution in [0.2, 0.25) is 0 Å². The van der Waals surface area contributed by atoms with Crippen LogP contribution in [0.4, 0.5) is 0 Å². The first-order valence-corrected chi connectivity index (χ1v) is 5.87. The molecule has 0 aliphatic heterocycles. The van der Waals surface area contributed by atoms with Crippen molar-refractivity contribution in [3.8, 4) is 0 Å². The molecule has 0 amide bonds. The molecule has 0 atom stereocenters. The first-order chi connectivity index (χ1) is 5.76. The minimum Gasteiger partial charge on any atom is -0.310 e. The van der Waals surface area contributed by atoms with Crippen LogP contribution in [0.15, 0.2) is 24.3 Å². The molecular weight excluding hydrogens is 224 g/mol. The minimum atomic E-state index is -0.833. The molecule has 0 saturated carbocycles. The van der Waals surface area contributed by atoms with Gasteiger partial charge in [0.15, 0.2) is 0 Å². The van der Waals surface area contributed by atoms with Gasteiger partial charge in [0.25, 0.3) is 0 Å². The first kappa shape index (κ1) is 11.9. The average Bonchev–Trinajstić information content (AvgIpc) is 2.07. The Labute approximate surface area is 84.0 Å².